The fourth-order valence-electron chi connectivity index (χ4n) is 1.95. The van der Waals surface area contributed by atoms with Crippen molar-refractivity contribution in [2.45, 2.75) is 40.5 Å². The molecule has 1 amide bonds. The molecule has 0 atom stereocenters. The molecule has 2 nitrogen and oxygen atoms in total. The number of rotatable bonds is 1. The third kappa shape index (κ3) is 3.17. The van der Waals surface area contributed by atoms with E-state index in [1.165, 1.54) is 6.42 Å². The summed E-state index contributed by atoms with van der Waals surface area (Å²) in [4.78, 5) is 13.7. The minimum absolute atomic E-state index is 0.178. The van der Waals surface area contributed by atoms with Gasteiger partial charge in [-0.25, -0.2) is 0 Å². The molecule has 0 spiro atoms. The zero-order valence-corrected chi connectivity index (χ0v) is 9.76. The number of hydrogen-bond donors (Lipinski definition) is 0. The standard InChI is InChI=1S/C12H21NO/c1-10(2)8-11(14)13-7-5-6-12(3,4)9-13/h8H,5-7,9H2,1-4H3. The Labute approximate surface area is 87.0 Å². The normalized spacial score (nSPS) is 20.4. The molecule has 0 saturated carbocycles. The van der Waals surface area contributed by atoms with Crippen molar-refractivity contribution in [2.75, 3.05) is 13.1 Å². The predicted molar refractivity (Wildman–Crippen MR) is 59.0 cm³/mol. The van der Waals surface area contributed by atoms with Gasteiger partial charge in [0.2, 0.25) is 5.91 Å². The quantitative estimate of drug-likeness (QED) is 0.589. The molecule has 0 bridgehead atoms. The molecule has 2 heteroatoms. The molecular formula is C12H21NO. The lowest BCUT2D eigenvalue weighted by molar-refractivity contribution is -0.129. The molecule has 1 fully saturated rings. The summed E-state index contributed by atoms with van der Waals surface area (Å²) in [6.45, 7) is 10.2. The van der Waals surface area contributed by atoms with Crippen LogP contribution in [0, 0.1) is 5.41 Å². The van der Waals surface area contributed by atoms with Crippen LogP contribution < -0.4 is 0 Å². The van der Waals surface area contributed by atoms with Crippen LogP contribution in [0.1, 0.15) is 40.5 Å². The number of carbonyl (C=O) groups is 1. The fourth-order valence-corrected chi connectivity index (χ4v) is 1.95. The van der Waals surface area contributed by atoms with E-state index in [-0.39, 0.29) is 5.91 Å². The van der Waals surface area contributed by atoms with Gasteiger partial charge in [-0.15, -0.1) is 0 Å². The smallest absolute Gasteiger partial charge is 0.246 e. The fraction of sp³-hybridized carbons (Fsp3) is 0.750. The number of hydrogen-bond acceptors (Lipinski definition) is 1. The first-order valence-electron chi connectivity index (χ1n) is 5.34. The second-order valence-electron chi connectivity index (χ2n) is 5.25. The van der Waals surface area contributed by atoms with E-state index in [0.29, 0.717) is 5.41 Å². The Morgan fingerprint density at radius 3 is 2.50 bits per heavy atom. The van der Waals surface area contributed by atoms with Gasteiger partial charge in [-0.3, -0.25) is 4.79 Å². The van der Waals surface area contributed by atoms with Crippen molar-refractivity contribution in [3.05, 3.63) is 11.6 Å². The van der Waals surface area contributed by atoms with Gasteiger partial charge in [-0.1, -0.05) is 19.4 Å². The lowest BCUT2D eigenvalue weighted by Gasteiger charge is -2.37. The molecule has 1 aliphatic rings. The molecule has 1 saturated heterocycles. The van der Waals surface area contributed by atoms with Crippen LogP contribution in [0.5, 0.6) is 0 Å². The van der Waals surface area contributed by atoms with Crippen LogP contribution in [-0.2, 0) is 4.79 Å². The molecule has 1 rings (SSSR count). The van der Waals surface area contributed by atoms with Gasteiger partial charge in [-0.2, -0.15) is 0 Å². The minimum Gasteiger partial charge on any atom is -0.339 e. The first-order chi connectivity index (χ1) is 6.41. The molecule has 1 aliphatic heterocycles. The van der Waals surface area contributed by atoms with E-state index in [1.807, 2.05) is 18.7 Å². The average molecular weight is 195 g/mol. The number of nitrogens with zero attached hydrogens (tertiary/aromatic N) is 1. The van der Waals surface area contributed by atoms with E-state index in [4.69, 9.17) is 0 Å². The number of piperidine rings is 1. The Hall–Kier alpha value is -0.790. The average Bonchev–Trinajstić information content (AvgIpc) is 2.01. The van der Waals surface area contributed by atoms with Crippen LogP contribution in [0.25, 0.3) is 0 Å². The van der Waals surface area contributed by atoms with Gasteiger partial charge in [-0.05, 0) is 32.1 Å². The molecule has 0 unspecified atom stereocenters. The van der Waals surface area contributed by atoms with Crippen molar-refractivity contribution in [1.29, 1.82) is 0 Å². The van der Waals surface area contributed by atoms with E-state index >= 15 is 0 Å². The van der Waals surface area contributed by atoms with Gasteiger partial charge >= 0.3 is 0 Å². The zero-order chi connectivity index (χ0) is 10.8. The summed E-state index contributed by atoms with van der Waals surface area (Å²) >= 11 is 0. The van der Waals surface area contributed by atoms with Gasteiger partial charge in [0.05, 0.1) is 0 Å². The lowest BCUT2D eigenvalue weighted by Crippen LogP contribution is -2.42. The van der Waals surface area contributed by atoms with E-state index in [9.17, 15) is 4.79 Å². The molecule has 1 heterocycles. The molecule has 14 heavy (non-hydrogen) atoms. The number of allylic oxidation sites excluding steroid dienone is 1. The molecule has 80 valence electrons. The SMILES string of the molecule is CC(C)=CC(=O)N1CCCC(C)(C)C1. The van der Waals surface area contributed by atoms with E-state index in [2.05, 4.69) is 13.8 Å². The Morgan fingerprint density at radius 2 is 2.00 bits per heavy atom. The van der Waals surface area contributed by atoms with Gasteiger partial charge in [0.1, 0.15) is 0 Å². The second kappa shape index (κ2) is 4.16. The maximum absolute atomic E-state index is 11.7. The summed E-state index contributed by atoms with van der Waals surface area (Å²) in [5, 5.41) is 0. The molecule has 0 aromatic carbocycles. The van der Waals surface area contributed by atoms with Crippen LogP contribution >= 0.6 is 0 Å². The Balaban J connectivity index is 2.61. The third-order valence-electron chi connectivity index (χ3n) is 2.62. The summed E-state index contributed by atoms with van der Waals surface area (Å²) in [7, 11) is 0. The van der Waals surface area contributed by atoms with Crippen molar-refractivity contribution in [1.82, 2.24) is 4.90 Å². The predicted octanol–water partition coefficient (Wildman–Crippen LogP) is 2.60. The maximum Gasteiger partial charge on any atom is 0.246 e. The highest BCUT2D eigenvalue weighted by Crippen LogP contribution is 2.28. The summed E-state index contributed by atoms with van der Waals surface area (Å²) in [6.07, 6.45) is 4.10. The highest BCUT2D eigenvalue weighted by Gasteiger charge is 2.27. The molecule has 0 radical (unpaired) electrons. The first kappa shape index (κ1) is 11.3. The van der Waals surface area contributed by atoms with Crippen LogP contribution in [0.3, 0.4) is 0 Å². The van der Waals surface area contributed by atoms with Crippen molar-refractivity contribution in [3.8, 4) is 0 Å². The van der Waals surface area contributed by atoms with Crippen LogP contribution in [0.4, 0.5) is 0 Å². The largest absolute Gasteiger partial charge is 0.339 e. The van der Waals surface area contributed by atoms with Crippen molar-refractivity contribution in [3.63, 3.8) is 0 Å². The van der Waals surface area contributed by atoms with E-state index in [1.54, 1.807) is 6.08 Å². The Bertz CT molecular complexity index is 249. The summed E-state index contributed by atoms with van der Waals surface area (Å²) in [5.41, 5.74) is 1.38. The Morgan fingerprint density at radius 1 is 1.36 bits per heavy atom. The number of likely N-dealkylation sites (tertiary alicyclic amines) is 1. The van der Waals surface area contributed by atoms with Gasteiger partial charge in [0, 0.05) is 19.2 Å². The van der Waals surface area contributed by atoms with Crippen LogP contribution in [0.2, 0.25) is 0 Å². The van der Waals surface area contributed by atoms with E-state index in [0.717, 1.165) is 25.1 Å². The number of carbonyl (C=O) groups excluding carboxylic acids is 1. The second-order valence-corrected chi connectivity index (χ2v) is 5.25. The van der Waals surface area contributed by atoms with E-state index < -0.39 is 0 Å². The highest BCUT2D eigenvalue weighted by atomic mass is 16.2. The van der Waals surface area contributed by atoms with Crippen LogP contribution in [0.15, 0.2) is 11.6 Å². The minimum atomic E-state index is 0.178. The van der Waals surface area contributed by atoms with Crippen molar-refractivity contribution >= 4 is 5.91 Å². The zero-order valence-electron chi connectivity index (χ0n) is 9.76. The summed E-state index contributed by atoms with van der Waals surface area (Å²) < 4.78 is 0. The summed E-state index contributed by atoms with van der Waals surface area (Å²) in [5.74, 6) is 0.178. The molecule has 0 aliphatic carbocycles. The van der Waals surface area contributed by atoms with Gasteiger partial charge in [0.25, 0.3) is 0 Å². The molecule has 0 aromatic rings. The number of amides is 1. The topological polar surface area (TPSA) is 20.3 Å². The Kier molecular flexibility index (Phi) is 3.35. The molecule has 0 aromatic heterocycles. The maximum atomic E-state index is 11.7. The van der Waals surface area contributed by atoms with Gasteiger partial charge in [0.15, 0.2) is 0 Å². The van der Waals surface area contributed by atoms with Crippen molar-refractivity contribution in [2.24, 2.45) is 5.41 Å². The lowest BCUT2D eigenvalue weighted by atomic mass is 9.84. The summed E-state index contributed by atoms with van der Waals surface area (Å²) in [6, 6.07) is 0. The van der Waals surface area contributed by atoms with Crippen molar-refractivity contribution < 1.29 is 4.79 Å². The molecule has 0 N–H and O–H groups in total. The first-order valence-corrected chi connectivity index (χ1v) is 5.34. The molecular weight excluding hydrogens is 174 g/mol. The highest BCUT2D eigenvalue weighted by molar-refractivity contribution is 5.88. The monoisotopic (exact) mass is 195 g/mol. The third-order valence-corrected chi connectivity index (χ3v) is 2.62. The van der Waals surface area contributed by atoms with Crippen LogP contribution in [-0.4, -0.2) is 23.9 Å². The van der Waals surface area contributed by atoms with Gasteiger partial charge < -0.3 is 4.90 Å².